The summed E-state index contributed by atoms with van der Waals surface area (Å²) < 4.78 is 1.63. The highest BCUT2D eigenvalue weighted by atomic mass is 16.3. The molecule has 6 nitrogen and oxygen atoms in total. The van der Waals surface area contributed by atoms with Gasteiger partial charge in [0.15, 0.2) is 0 Å². The van der Waals surface area contributed by atoms with Gasteiger partial charge in [0.05, 0.1) is 24.9 Å². The molecule has 6 heteroatoms. The highest BCUT2D eigenvalue weighted by Gasteiger charge is 2.02. The van der Waals surface area contributed by atoms with Crippen molar-refractivity contribution in [3.8, 4) is 0 Å². The quantitative estimate of drug-likeness (QED) is 0.488. The van der Waals surface area contributed by atoms with E-state index >= 15 is 0 Å². The second kappa shape index (κ2) is 5.36. The fraction of sp³-hybridized carbons (Fsp3) is 0.500. The van der Waals surface area contributed by atoms with E-state index in [1.54, 1.807) is 10.9 Å². The molecule has 4 N–H and O–H groups in total. The minimum Gasteiger partial charge on any atom is -0.395 e. The van der Waals surface area contributed by atoms with Gasteiger partial charge in [0.1, 0.15) is 0 Å². The van der Waals surface area contributed by atoms with Gasteiger partial charge in [-0.2, -0.15) is 5.10 Å². The average Bonchev–Trinajstić information content (AvgIpc) is 2.61. The number of hydrogen-bond acceptors (Lipinski definition) is 4. The van der Waals surface area contributed by atoms with Crippen molar-refractivity contribution in [2.45, 2.75) is 6.54 Å². The highest BCUT2D eigenvalue weighted by molar-refractivity contribution is 5.92. The molecule has 0 aliphatic heterocycles. The Kier molecular flexibility index (Phi) is 4.09. The Bertz CT molecular complexity index is 297. The minimum atomic E-state index is -0.473. The van der Waals surface area contributed by atoms with Crippen molar-refractivity contribution in [3.63, 3.8) is 0 Å². The van der Waals surface area contributed by atoms with E-state index in [0.29, 0.717) is 25.2 Å². The number of nitrogens with zero attached hydrogens (tertiary/aromatic N) is 2. The molecule has 0 aliphatic rings. The summed E-state index contributed by atoms with van der Waals surface area (Å²) in [7, 11) is 0. The van der Waals surface area contributed by atoms with Crippen LogP contribution in [0, 0.1) is 0 Å². The maximum atomic E-state index is 10.7. The van der Waals surface area contributed by atoms with E-state index in [0.717, 1.165) is 0 Å². The number of amides is 1. The van der Waals surface area contributed by atoms with Crippen LogP contribution in [0.4, 0.5) is 0 Å². The average molecular weight is 198 g/mol. The van der Waals surface area contributed by atoms with Gasteiger partial charge >= 0.3 is 0 Å². The van der Waals surface area contributed by atoms with Crippen molar-refractivity contribution in [3.05, 3.63) is 18.0 Å². The molecule has 0 unspecified atom stereocenters. The number of aromatic nitrogens is 2. The molecule has 0 saturated heterocycles. The van der Waals surface area contributed by atoms with Crippen LogP contribution in [-0.2, 0) is 6.54 Å². The Balaban J connectivity index is 2.33. The molecule has 0 aliphatic carbocycles. The number of carbonyl (C=O) groups excluding carboxylic acids is 1. The summed E-state index contributed by atoms with van der Waals surface area (Å²) in [6.45, 7) is 2.02. The van der Waals surface area contributed by atoms with Crippen molar-refractivity contribution in [2.75, 3.05) is 19.7 Å². The third kappa shape index (κ3) is 3.15. The predicted octanol–water partition coefficient (Wildman–Crippen LogP) is -1.44. The van der Waals surface area contributed by atoms with Crippen molar-refractivity contribution >= 4 is 5.91 Å². The van der Waals surface area contributed by atoms with Crippen LogP contribution in [-0.4, -0.2) is 40.5 Å². The van der Waals surface area contributed by atoms with Crippen molar-refractivity contribution in [2.24, 2.45) is 5.73 Å². The molecule has 1 aromatic rings. The summed E-state index contributed by atoms with van der Waals surface area (Å²) >= 11 is 0. The molecule has 0 spiro atoms. The van der Waals surface area contributed by atoms with Gasteiger partial charge in [-0.25, -0.2) is 0 Å². The number of nitrogens with one attached hydrogen (secondary N) is 1. The fourth-order valence-electron chi connectivity index (χ4n) is 1.01. The number of primary amides is 1. The molecule has 0 bridgehead atoms. The zero-order valence-electron chi connectivity index (χ0n) is 7.81. The number of aliphatic hydroxyl groups excluding tert-OH is 1. The molecule has 78 valence electrons. The van der Waals surface area contributed by atoms with Gasteiger partial charge in [0.2, 0.25) is 0 Å². The number of carbonyl (C=O) groups is 1. The topological polar surface area (TPSA) is 93.2 Å². The largest absolute Gasteiger partial charge is 0.395 e. The van der Waals surface area contributed by atoms with Crippen LogP contribution in [0.1, 0.15) is 10.4 Å². The van der Waals surface area contributed by atoms with Crippen LogP contribution < -0.4 is 11.1 Å². The smallest absolute Gasteiger partial charge is 0.251 e. The lowest BCUT2D eigenvalue weighted by molar-refractivity contribution is 0.1000. The number of hydrogen-bond donors (Lipinski definition) is 3. The van der Waals surface area contributed by atoms with E-state index in [9.17, 15) is 4.79 Å². The van der Waals surface area contributed by atoms with Crippen LogP contribution in [0.15, 0.2) is 12.4 Å². The van der Waals surface area contributed by atoms with Gasteiger partial charge in [0.25, 0.3) is 5.91 Å². The van der Waals surface area contributed by atoms with Crippen LogP contribution >= 0.6 is 0 Å². The van der Waals surface area contributed by atoms with E-state index in [4.69, 9.17) is 10.8 Å². The summed E-state index contributed by atoms with van der Waals surface area (Å²) in [6.07, 6.45) is 3.04. The van der Waals surface area contributed by atoms with Crippen LogP contribution in [0.5, 0.6) is 0 Å². The van der Waals surface area contributed by atoms with Crippen molar-refractivity contribution in [1.82, 2.24) is 15.1 Å². The monoisotopic (exact) mass is 198 g/mol. The third-order valence-electron chi connectivity index (χ3n) is 1.72. The van der Waals surface area contributed by atoms with Crippen LogP contribution in [0.2, 0.25) is 0 Å². The van der Waals surface area contributed by atoms with Crippen molar-refractivity contribution in [1.29, 1.82) is 0 Å². The molecule has 1 rings (SSSR count). The van der Waals surface area contributed by atoms with E-state index in [1.165, 1.54) is 6.20 Å². The lowest BCUT2D eigenvalue weighted by Crippen LogP contribution is -2.23. The number of nitrogens with two attached hydrogens (primary N) is 1. The van der Waals surface area contributed by atoms with Crippen LogP contribution in [0.25, 0.3) is 0 Å². The van der Waals surface area contributed by atoms with E-state index in [-0.39, 0.29) is 6.61 Å². The van der Waals surface area contributed by atoms with Gasteiger partial charge in [-0.1, -0.05) is 0 Å². The first-order valence-corrected chi connectivity index (χ1v) is 4.38. The van der Waals surface area contributed by atoms with E-state index in [1.807, 2.05) is 0 Å². The van der Waals surface area contributed by atoms with Gasteiger partial charge in [-0.05, 0) is 0 Å². The maximum Gasteiger partial charge on any atom is 0.251 e. The summed E-state index contributed by atoms with van der Waals surface area (Å²) in [6, 6.07) is 0. The Morgan fingerprint density at radius 2 is 2.43 bits per heavy atom. The van der Waals surface area contributed by atoms with E-state index < -0.39 is 5.91 Å². The second-order valence-corrected chi connectivity index (χ2v) is 2.83. The molecular formula is C8H14N4O2. The summed E-state index contributed by atoms with van der Waals surface area (Å²) in [4.78, 5) is 10.7. The van der Waals surface area contributed by atoms with E-state index in [2.05, 4.69) is 10.4 Å². The molecule has 0 saturated carbocycles. The van der Waals surface area contributed by atoms with Gasteiger partial charge < -0.3 is 16.2 Å². The number of rotatable bonds is 6. The second-order valence-electron chi connectivity index (χ2n) is 2.83. The molecule has 0 atom stereocenters. The SMILES string of the molecule is NC(=O)c1cnn(CCNCCO)c1. The zero-order valence-corrected chi connectivity index (χ0v) is 7.81. The molecule has 0 radical (unpaired) electrons. The standard InChI is InChI=1S/C8H14N4O2/c9-8(14)7-5-11-12(6-7)3-1-10-2-4-13/h5-6,10,13H,1-4H2,(H2,9,14). The highest BCUT2D eigenvalue weighted by Crippen LogP contribution is 1.94. The lowest BCUT2D eigenvalue weighted by atomic mass is 10.3. The first kappa shape index (κ1) is 10.7. The van der Waals surface area contributed by atoms with Gasteiger partial charge in [0, 0.05) is 19.3 Å². The van der Waals surface area contributed by atoms with Crippen molar-refractivity contribution < 1.29 is 9.90 Å². The molecule has 0 aromatic carbocycles. The first-order valence-electron chi connectivity index (χ1n) is 4.38. The molecule has 1 aromatic heterocycles. The third-order valence-corrected chi connectivity index (χ3v) is 1.72. The normalized spacial score (nSPS) is 10.4. The Morgan fingerprint density at radius 1 is 1.64 bits per heavy atom. The van der Waals surface area contributed by atoms with Crippen LogP contribution in [0.3, 0.4) is 0 Å². The Morgan fingerprint density at radius 3 is 3.00 bits per heavy atom. The van der Waals surface area contributed by atoms with Gasteiger partial charge in [-0.3, -0.25) is 9.48 Å². The number of aliphatic hydroxyl groups is 1. The molecule has 0 fully saturated rings. The molecule has 14 heavy (non-hydrogen) atoms. The summed E-state index contributed by atoms with van der Waals surface area (Å²) in [5.74, 6) is -0.473. The molecule has 1 amide bonds. The molecule has 1 heterocycles. The summed E-state index contributed by atoms with van der Waals surface area (Å²) in [5, 5.41) is 15.4. The molecular weight excluding hydrogens is 184 g/mol. The summed E-state index contributed by atoms with van der Waals surface area (Å²) in [5.41, 5.74) is 5.47. The maximum absolute atomic E-state index is 10.7. The first-order chi connectivity index (χ1) is 6.74. The minimum absolute atomic E-state index is 0.117. The fourth-order valence-corrected chi connectivity index (χ4v) is 1.01. The predicted molar refractivity (Wildman–Crippen MR) is 50.7 cm³/mol. The Hall–Kier alpha value is -1.40. The van der Waals surface area contributed by atoms with Gasteiger partial charge in [-0.15, -0.1) is 0 Å². The lowest BCUT2D eigenvalue weighted by Gasteiger charge is -2.01. The Labute approximate surface area is 81.7 Å². The zero-order chi connectivity index (χ0) is 10.4.